The molecule has 98 valence electrons. The molecule has 0 fully saturated rings. The summed E-state index contributed by atoms with van der Waals surface area (Å²) >= 11 is 1.33. The Balaban J connectivity index is 1.90. The zero-order valence-electron chi connectivity index (χ0n) is 10.6. The molecule has 1 aromatic carbocycles. The van der Waals surface area contributed by atoms with Crippen molar-refractivity contribution in [2.75, 3.05) is 16.8 Å². The van der Waals surface area contributed by atoms with Crippen molar-refractivity contribution in [3.8, 4) is 0 Å². The number of hydrogen-bond acceptors (Lipinski definition) is 4. The lowest BCUT2D eigenvalue weighted by atomic mass is 10.2. The van der Waals surface area contributed by atoms with Gasteiger partial charge in [0, 0.05) is 11.9 Å². The van der Waals surface area contributed by atoms with Crippen LogP contribution in [0.3, 0.4) is 0 Å². The van der Waals surface area contributed by atoms with Crippen molar-refractivity contribution in [1.82, 2.24) is 4.98 Å². The molecule has 19 heavy (non-hydrogen) atoms. The Morgan fingerprint density at radius 2 is 2.21 bits per heavy atom. The van der Waals surface area contributed by atoms with E-state index < -0.39 is 0 Å². The topological polar surface area (TPSA) is 68.0 Å². The SMILES string of the molecule is Cc1cccc(NC(=O)CSc2ncccc2N)c1. The summed E-state index contributed by atoms with van der Waals surface area (Å²) < 4.78 is 0. The average Bonchev–Trinajstić information content (AvgIpc) is 2.38. The monoisotopic (exact) mass is 273 g/mol. The summed E-state index contributed by atoms with van der Waals surface area (Å²) in [6, 6.07) is 11.2. The molecule has 1 heterocycles. The number of carbonyl (C=O) groups is 1. The van der Waals surface area contributed by atoms with Gasteiger partial charge in [-0.2, -0.15) is 0 Å². The molecule has 2 rings (SSSR count). The van der Waals surface area contributed by atoms with Crippen LogP contribution < -0.4 is 11.1 Å². The highest BCUT2D eigenvalue weighted by molar-refractivity contribution is 8.00. The number of amides is 1. The fourth-order valence-corrected chi connectivity index (χ4v) is 2.29. The van der Waals surface area contributed by atoms with E-state index in [-0.39, 0.29) is 11.7 Å². The molecular formula is C14H15N3OS. The first-order valence-corrected chi connectivity index (χ1v) is 6.83. The Labute approximate surface area is 116 Å². The maximum Gasteiger partial charge on any atom is 0.234 e. The smallest absolute Gasteiger partial charge is 0.234 e. The molecule has 5 heteroatoms. The van der Waals surface area contributed by atoms with Crippen molar-refractivity contribution >= 4 is 29.0 Å². The van der Waals surface area contributed by atoms with Gasteiger partial charge in [0.2, 0.25) is 5.91 Å². The maximum atomic E-state index is 11.8. The Morgan fingerprint density at radius 3 is 2.95 bits per heavy atom. The molecular weight excluding hydrogens is 258 g/mol. The zero-order valence-corrected chi connectivity index (χ0v) is 11.4. The Kier molecular flexibility index (Phi) is 4.41. The van der Waals surface area contributed by atoms with Crippen LogP contribution in [0.1, 0.15) is 5.56 Å². The summed E-state index contributed by atoms with van der Waals surface area (Å²) in [5.74, 6) is 0.218. The third-order valence-electron chi connectivity index (χ3n) is 2.44. The van der Waals surface area contributed by atoms with Crippen LogP contribution in [0, 0.1) is 6.92 Å². The minimum atomic E-state index is -0.0688. The number of pyridine rings is 1. The number of thioether (sulfide) groups is 1. The number of nitrogens with one attached hydrogen (secondary N) is 1. The van der Waals surface area contributed by atoms with E-state index >= 15 is 0 Å². The van der Waals surface area contributed by atoms with Crippen molar-refractivity contribution in [1.29, 1.82) is 0 Å². The number of nitrogens with zero attached hydrogens (tertiary/aromatic N) is 1. The zero-order chi connectivity index (χ0) is 13.7. The molecule has 0 aliphatic heterocycles. The molecule has 2 aromatic rings. The van der Waals surface area contributed by atoms with Gasteiger partial charge in [0.1, 0.15) is 5.03 Å². The van der Waals surface area contributed by atoms with E-state index in [1.54, 1.807) is 18.3 Å². The molecule has 0 saturated carbocycles. The van der Waals surface area contributed by atoms with Gasteiger partial charge in [-0.05, 0) is 36.8 Å². The quantitative estimate of drug-likeness (QED) is 0.840. The number of nitrogen functional groups attached to an aromatic ring is 1. The van der Waals surface area contributed by atoms with E-state index in [2.05, 4.69) is 10.3 Å². The molecule has 4 nitrogen and oxygen atoms in total. The molecule has 3 N–H and O–H groups in total. The third kappa shape index (κ3) is 3.99. The van der Waals surface area contributed by atoms with E-state index in [1.807, 2.05) is 31.2 Å². The molecule has 0 unspecified atom stereocenters. The molecule has 0 radical (unpaired) electrons. The van der Waals surface area contributed by atoms with Crippen molar-refractivity contribution in [3.63, 3.8) is 0 Å². The van der Waals surface area contributed by atoms with Crippen molar-refractivity contribution in [2.45, 2.75) is 11.9 Å². The fraction of sp³-hybridized carbons (Fsp3) is 0.143. The van der Waals surface area contributed by atoms with Gasteiger partial charge >= 0.3 is 0 Å². The second kappa shape index (κ2) is 6.24. The first-order valence-electron chi connectivity index (χ1n) is 5.85. The van der Waals surface area contributed by atoms with Crippen LogP contribution in [0.15, 0.2) is 47.6 Å². The van der Waals surface area contributed by atoms with Crippen LogP contribution in [-0.4, -0.2) is 16.6 Å². The molecule has 0 aliphatic rings. The number of nitrogens with two attached hydrogens (primary N) is 1. The van der Waals surface area contributed by atoms with Crippen LogP contribution in [0.2, 0.25) is 0 Å². The normalized spacial score (nSPS) is 10.2. The number of aryl methyl sites for hydroxylation is 1. The molecule has 0 aliphatic carbocycles. The number of carbonyl (C=O) groups excluding carboxylic acids is 1. The highest BCUT2D eigenvalue weighted by atomic mass is 32.2. The van der Waals surface area contributed by atoms with Gasteiger partial charge in [0.15, 0.2) is 0 Å². The lowest BCUT2D eigenvalue weighted by molar-refractivity contribution is -0.113. The first-order chi connectivity index (χ1) is 9.15. The summed E-state index contributed by atoms with van der Waals surface area (Å²) in [6.45, 7) is 1.99. The van der Waals surface area contributed by atoms with Crippen LogP contribution in [0.25, 0.3) is 0 Å². The van der Waals surface area contributed by atoms with E-state index in [0.29, 0.717) is 10.7 Å². The van der Waals surface area contributed by atoms with Crippen molar-refractivity contribution in [3.05, 3.63) is 48.2 Å². The molecule has 0 saturated heterocycles. The van der Waals surface area contributed by atoms with Gasteiger partial charge in [0.25, 0.3) is 0 Å². The van der Waals surface area contributed by atoms with Crippen LogP contribution >= 0.6 is 11.8 Å². The molecule has 0 bridgehead atoms. The van der Waals surface area contributed by atoms with E-state index in [1.165, 1.54) is 11.8 Å². The van der Waals surface area contributed by atoms with Gasteiger partial charge in [-0.3, -0.25) is 4.79 Å². The van der Waals surface area contributed by atoms with Gasteiger partial charge in [-0.15, -0.1) is 0 Å². The summed E-state index contributed by atoms with van der Waals surface area (Å²) in [7, 11) is 0. The van der Waals surface area contributed by atoms with Crippen LogP contribution in [-0.2, 0) is 4.79 Å². The minimum Gasteiger partial charge on any atom is -0.397 e. The van der Waals surface area contributed by atoms with Gasteiger partial charge in [0.05, 0.1) is 11.4 Å². The fourth-order valence-electron chi connectivity index (χ4n) is 1.58. The van der Waals surface area contributed by atoms with E-state index in [4.69, 9.17) is 5.73 Å². The molecule has 0 spiro atoms. The number of aromatic nitrogens is 1. The maximum absolute atomic E-state index is 11.8. The van der Waals surface area contributed by atoms with E-state index in [9.17, 15) is 4.79 Å². The average molecular weight is 273 g/mol. The second-order valence-electron chi connectivity index (χ2n) is 4.10. The summed E-state index contributed by atoms with van der Waals surface area (Å²) in [5, 5.41) is 3.53. The van der Waals surface area contributed by atoms with Crippen LogP contribution in [0.5, 0.6) is 0 Å². The molecule has 1 aromatic heterocycles. The van der Waals surface area contributed by atoms with Crippen LogP contribution in [0.4, 0.5) is 11.4 Å². The van der Waals surface area contributed by atoms with Gasteiger partial charge in [-0.1, -0.05) is 23.9 Å². The van der Waals surface area contributed by atoms with Crippen molar-refractivity contribution in [2.24, 2.45) is 0 Å². The number of anilines is 2. The standard InChI is InChI=1S/C14H15N3OS/c1-10-4-2-5-11(8-10)17-13(18)9-19-14-12(15)6-3-7-16-14/h2-8H,9,15H2,1H3,(H,17,18). The summed E-state index contributed by atoms with van der Waals surface area (Å²) in [5.41, 5.74) is 8.27. The first kappa shape index (κ1) is 13.4. The summed E-state index contributed by atoms with van der Waals surface area (Å²) in [6.07, 6.45) is 1.66. The largest absolute Gasteiger partial charge is 0.397 e. The Hall–Kier alpha value is -2.01. The minimum absolute atomic E-state index is 0.0688. The Bertz CT molecular complexity index is 586. The third-order valence-corrected chi connectivity index (χ3v) is 3.46. The highest BCUT2D eigenvalue weighted by Gasteiger charge is 2.06. The predicted molar refractivity (Wildman–Crippen MR) is 79.2 cm³/mol. The lowest BCUT2D eigenvalue weighted by Crippen LogP contribution is -2.14. The van der Waals surface area contributed by atoms with Gasteiger partial charge < -0.3 is 11.1 Å². The van der Waals surface area contributed by atoms with E-state index in [0.717, 1.165) is 11.3 Å². The summed E-state index contributed by atoms with van der Waals surface area (Å²) in [4.78, 5) is 15.9. The number of rotatable bonds is 4. The Morgan fingerprint density at radius 1 is 1.37 bits per heavy atom. The molecule has 0 atom stereocenters. The number of benzene rings is 1. The van der Waals surface area contributed by atoms with Gasteiger partial charge in [-0.25, -0.2) is 4.98 Å². The lowest BCUT2D eigenvalue weighted by Gasteiger charge is -2.06. The highest BCUT2D eigenvalue weighted by Crippen LogP contribution is 2.21. The number of hydrogen-bond donors (Lipinski definition) is 2. The predicted octanol–water partition coefficient (Wildman–Crippen LogP) is 2.70. The second-order valence-corrected chi connectivity index (χ2v) is 5.07. The molecule has 1 amide bonds. The van der Waals surface area contributed by atoms with Crippen molar-refractivity contribution < 1.29 is 4.79 Å².